The van der Waals surface area contributed by atoms with Crippen LogP contribution in [0.3, 0.4) is 0 Å². The number of hydrogen-bond donors (Lipinski definition) is 1. The van der Waals surface area contributed by atoms with Gasteiger partial charge < -0.3 is 5.11 Å². The van der Waals surface area contributed by atoms with Crippen molar-refractivity contribution in [2.24, 2.45) is 0 Å². The van der Waals surface area contributed by atoms with E-state index in [1.165, 1.54) is 24.8 Å². The summed E-state index contributed by atoms with van der Waals surface area (Å²) in [5, 5.41) is 10.1. The monoisotopic (exact) mass is 295 g/mol. The second kappa shape index (κ2) is 6.31. The third-order valence-electron chi connectivity index (χ3n) is 3.12. The zero-order valence-corrected chi connectivity index (χ0v) is 11.5. The van der Waals surface area contributed by atoms with Crippen LogP contribution in [0.2, 0.25) is 0 Å². The molecule has 1 atom stereocenters. The number of halogens is 1. The summed E-state index contributed by atoms with van der Waals surface area (Å²) in [7, 11) is 0. The van der Waals surface area contributed by atoms with E-state index in [4.69, 9.17) is 0 Å². The van der Waals surface area contributed by atoms with E-state index < -0.39 is 0 Å². The Morgan fingerprint density at radius 3 is 2.88 bits per heavy atom. The van der Waals surface area contributed by atoms with Crippen molar-refractivity contribution >= 4 is 15.9 Å². The zero-order valence-electron chi connectivity index (χ0n) is 9.90. The van der Waals surface area contributed by atoms with Gasteiger partial charge in [-0.2, -0.15) is 0 Å². The van der Waals surface area contributed by atoms with Crippen molar-refractivity contribution in [2.45, 2.75) is 44.6 Å². The molecule has 1 aliphatic rings. The fourth-order valence-corrected chi connectivity index (χ4v) is 2.72. The van der Waals surface area contributed by atoms with Gasteiger partial charge in [-0.1, -0.05) is 11.6 Å². The van der Waals surface area contributed by atoms with Gasteiger partial charge in [0.25, 0.3) is 0 Å². The van der Waals surface area contributed by atoms with Gasteiger partial charge in [0.05, 0.1) is 6.10 Å². The lowest BCUT2D eigenvalue weighted by molar-refractivity contribution is 0.173. The molecule has 17 heavy (non-hydrogen) atoms. The lowest BCUT2D eigenvalue weighted by Gasteiger charge is -2.16. The number of pyridine rings is 1. The SMILES string of the molecule is OC(CC1=CCCCC1)Cc1cncc(Br)c1. The first-order chi connectivity index (χ1) is 8.24. The van der Waals surface area contributed by atoms with Gasteiger partial charge in [0.1, 0.15) is 0 Å². The van der Waals surface area contributed by atoms with Crippen molar-refractivity contribution in [3.63, 3.8) is 0 Å². The highest BCUT2D eigenvalue weighted by Gasteiger charge is 2.11. The number of aromatic nitrogens is 1. The van der Waals surface area contributed by atoms with Crippen LogP contribution in [0.4, 0.5) is 0 Å². The van der Waals surface area contributed by atoms with Gasteiger partial charge in [-0.05, 0) is 59.7 Å². The first-order valence-corrected chi connectivity index (χ1v) is 6.99. The Bertz CT molecular complexity index is 403. The summed E-state index contributed by atoms with van der Waals surface area (Å²) in [5.74, 6) is 0. The van der Waals surface area contributed by atoms with E-state index in [9.17, 15) is 5.11 Å². The molecule has 1 aliphatic carbocycles. The molecule has 92 valence electrons. The van der Waals surface area contributed by atoms with E-state index in [1.807, 2.05) is 12.3 Å². The first kappa shape index (κ1) is 12.8. The van der Waals surface area contributed by atoms with Gasteiger partial charge >= 0.3 is 0 Å². The number of aliphatic hydroxyl groups excluding tert-OH is 1. The van der Waals surface area contributed by atoms with Gasteiger partial charge in [-0.25, -0.2) is 0 Å². The second-order valence-electron chi connectivity index (χ2n) is 4.68. The Hall–Kier alpha value is -0.670. The first-order valence-electron chi connectivity index (χ1n) is 6.19. The summed E-state index contributed by atoms with van der Waals surface area (Å²) >= 11 is 3.40. The quantitative estimate of drug-likeness (QED) is 0.861. The summed E-state index contributed by atoms with van der Waals surface area (Å²) in [6, 6.07) is 2.02. The largest absolute Gasteiger partial charge is 0.392 e. The Labute approximate surface area is 111 Å². The van der Waals surface area contributed by atoms with E-state index >= 15 is 0 Å². The topological polar surface area (TPSA) is 33.1 Å². The van der Waals surface area contributed by atoms with Crippen LogP contribution < -0.4 is 0 Å². The molecule has 2 rings (SSSR count). The average Bonchev–Trinajstić information content (AvgIpc) is 2.30. The summed E-state index contributed by atoms with van der Waals surface area (Å²) in [6.07, 6.45) is 12.0. The summed E-state index contributed by atoms with van der Waals surface area (Å²) < 4.78 is 0.971. The highest BCUT2D eigenvalue weighted by atomic mass is 79.9. The molecule has 0 aromatic carbocycles. The van der Waals surface area contributed by atoms with Gasteiger partial charge in [-0.15, -0.1) is 0 Å². The number of allylic oxidation sites excluding steroid dienone is 1. The minimum atomic E-state index is -0.282. The Kier molecular flexibility index (Phi) is 4.75. The number of rotatable bonds is 4. The van der Waals surface area contributed by atoms with E-state index in [0.717, 1.165) is 22.9 Å². The Morgan fingerprint density at radius 1 is 1.29 bits per heavy atom. The van der Waals surface area contributed by atoms with Crippen LogP contribution in [0.5, 0.6) is 0 Å². The van der Waals surface area contributed by atoms with Crippen molar-refractivity contribution < 1.29 is 5.11 Å². The lowest BCUT2D eigenvalue weighted by Crippen LogP contribution is -2.12. The molecule has 0 spiro atoms. The third-order valence-corrected chi connectivity index (χ3v) is 3.55. The second-order valence-corrected chi connectivity index (χ2v) is 5.60. The summed E-state index contributed by atoms with van der Waals surface area (Å²) in [5.41, 5.74) is 2.51. The molecule has 3 heteroatoms. The van der Waals surface area contributed by atoms with Gasteiger partial charge in [0.2, 0.25) is 0 Å². The van der Waals surface area contributed by atoms with Crippen LogP contribution in [0.15, 0.2) is 34.6 Å². The molecule has 0 bridgehead atoms. The lowest BCUT2D eigenvalue weighted by atomic mass is 9.93. The predicted octanol–water partition coefficient (Wildman–Crippen LogP) is 3.64. The van der Waals surface area contributed by atoms with Crippen LogP contribution >= 0.6 is 15.9 Å². The van der Waals surface area contributed by atoms with Gasteiger partial charge in [0, 0.05) is 23.3 Å². The molecule has 0 saturated carbocycles. The van der Waals surface area contributed by atoms with Gasteiger partial charge in [0.15, 0.2) is 0 Å². The molecule has 1 aromatic heterocycles. The smallest absolute Gasteiger partial charge is 0.0618 e. The van der Waals surface area contributed by atoms with E-state index in [2.05, 4.69) is 27.0 Å². The van der Waals surface area contributed by atoms with Crippen molar-refractivity contribution in [1.82, 2.24) is 4.98 Å². The fourth-order valence-electron chi connectivity index (χ4n) is 2.30. The van der Waals surface area contributed by atoms with Crippen molar-refractivity contribution in [3.8, 4) is 0 Å². The fraction of sp³-hybridized carbons (Fsp3) is 0.500. The van der Waals surface area contributed by atoms with Crippen molar-refractivity contribution in [2.75, 3.05) is 0 Å². The maximum absolute atomic E-state index is 10.1. The van der Waals surface area contributed by atoms with Crippen LogP contribution in [-0.2, 0) is 6.42 Å². The standard InChI is InChI=1S/C14H18BrNO/c15-13-6-12(9-16-10-13)8-14(17)7-11-4-2-1-3-5-11/h4,6,9-10,14,17H,1-3,5,7-8H2. The number of hydrogen-bond acceptors (Lipinski definition) is 2. The third kappa shape index (κ3) is 4.25. The minimum Gasteiger partial charge on any atom is -0.392 e. The molecule has 1 unspecified atom stereocenters. The van der Waals surface area contributed by atoms with Crippen molar-refractivity contribution in [3.05, 3.63) is 40.1 Å². The maximum atomic E-state index is 10.1. The van der Waals surface area contributed by atoms with E-state index in [-0.39, 0.29) is 6.10 Å². The summed E-state index contributed by atoms with van der Waals surface area (Å²) in [6.45, 7) is 0. The van der Waals surface area contributed by atoms with Crippen LogP contribution in [0.1, 0.15) is 37.7 Å². The molecule has 0 fully saturated rings. The molecule has 0 radical (unpaired) electrons. The molecule has 1 heterocycles. The Balaban J connectivity index is 1.88. The predicted molar refractivity (Wildman–Crippen MR) is 72.8 cm³/mol. The Morgan fingerprint density at radius 2 is 2.18 bits per heavy atom. The molecular weight excluding hydrogens is 278 g/mol. The zero-order chi connectivity index (χ0) is 12.1. The highest BCUT2D eigenvalue weighted by molar-refractivity contribution is 9.10. The number of aliphatic hydroxyl groups is 1. The molecule has 0 amide bonds. The molecular formula is C14H18BrNO. The molecule has 1 N–H and O–H groups in total. The molecule has 1 aromatic rings. The number of nitrogens with zero attached hydrogens (tertiary/aromatic N) is 1. The average molecular weight is 296 g/mol. The molecule has 2 nitrogen and oxygen atoms in total. The van der Waals surface area contributed by atoms with E-state index in [1.54, 1.807) is 6.20 Å². The highest BCUT2D eigenvalue weighted by Crippen LogP contribution is 2.22. The minimum absolute atomic E-state index is 0.282. The normalized spacial score (nSPS) is 17.6. The molecule has 0 aliphatic heterocycles. The van der Waals surface area contributed by atoms with Crippen molar-refractivity contribution in [1.29, 1.82) is 0 Å². The summed E-state index contributed by atoms with van der Waals surface area (Å²) in [4.78, 5) is 4.11. The maximum Gasteiger partial charge on any atom is 0.0618 e. The van der Waals surface area contributed by atoms with Crippen LogP contribution in [0, 0.1) is 0 Å². The molecule has 0 saturated heterocycles. The van der Waals surface area contributed by atoms with Crippen LogP contribution in [-0.4, -0.2) is 16.2 Å². The van der Waals surface area contributed by atoms with Gasteiger partial charge in [-0.3, -0.25) is 4.98 Å². The van der Waals surface area contributed by atoms with E-state index in [0.29, 0.717) is 6.42 Å². The van der Waals surface area contributed by atoms with Crippen LogP contribution in [0.25, 0.3) is 0 Å².